The molecule has 0 fully saturated rings. The predicted molar refractivity (Wildman–Crippen MR) is 125 cm³/mol. The number of benzene rings is 2. The lowest BCUT2D eigenvalue weighted by molar-refractivity contribution is -0.118. The van der Waals surface area contributed by atoms with Crippen molar-refractivity contribution in [1.29, 1.82) is 0 Å². The van der Waals surface area contributed by atoms with Crippen LogP contribution in [0.25, 0.3) is 11.3 Å². The molecule has 172 valence electrons. The van der Waals surface area contributed by atoms with Gasteiger partial charge < -0.3 is 9.47 Å². The van der Waals surface area contributed by atoms with Crippen LogP contribution in [0, 0.1) is 5.82 Å². The van der Waals surface area contributed by atoms with Crippen molar-refractivity contribution in [1.82, 2.24) is 15.2 Å². The van der Waals surface area contributed by atoms with Gasteiger partial charge in [0.25, 0.3) is 0 Å². The number of aromatic nitrogens is 3. The number of fused-ring (bicyclic) bond motifs is 3. The Morgan fingerprint density at radius 3 is 2.67 bits per heavy atom. The Balaban J connectivity index is 1.80. The van der Waals surface area contributed by atoms with Crippen molar-refractivity contribution in [3.8, 4) is 22.9 Å². The van der Waals surface area contributed by atoms with Gasteiger partial charge in [-0.2, -0.15) is 4.98 Å². The van der Waals surface area contributed by atoms with Crippen molar-refractivity contribution >= 4 is 23.4 Å². The molecule has 0 radical (unpaired) electrons. The van der Waals surface area contributed by atoms with E-state index in [1.165, 1.54) is 35.7 Å². The van der Waals surface area contributed by atoms with Gasteiger partial charge in [0.15, 0.2) is 5.69 Å². The number of hydrogen-bond donors (Lipinski definition) is 0. The fraction of sp³-hybridized carbons (Fsp3) is 0.333. The van der Waals surface area contributed by atoms with E-state index in [2.05, 4.69) is 22.1 Å². The molecule has 0 bridgehead atoms. The molecule has 0 spiro atoms. The van der Waals surface area contributed by atoms with E-state index in [1.54, 1.807) is 6.07 Å². The van der Waals surface area contributed by atoms with Gasteiger partial charge >= 0.3 is 0 Å². The number of hydrogen-bond acceptors (Lipinski definition) is 7. The lowest BCUT2D eigenvalue weighted by Crippen LogP contribution is -2.36. The second kappa shape index (κ2) is 10.2. The summed E-state index contributed by atoms with van der Waals surface area (Å²) in [5, 5.41) is 8.87. The van der Waals surface area contributed by atoms with E-state index < -0.39 is 12.0 Å². The molecule has 1 aliphatic rings. The Kier molecular flexibility index (Phi) is 7.08. The standard InChI is InChI=1S/C24H25FN4O3S/c1-4-6-13-31-18-10-7-16(8-11-18)23-29(15(3)30)20-12-9-17(25)14-19(20)21-22(32-23)26-24(28-27-21)33-5-2/h7-12,14,23H,4-6,13H2,1-3H3. The number of carbonyl (C=O) groups is 1. The van der Waals surface area contributed by atoms with Gasteiger partial charge in [-0.1, -0.05) is 32.0 Å². The van der Waals surface area contributed by atoms with Crippen molar-refractivity contribution in [2.75, 3.05) is 17.3 Å². The lowest BCUT2D eigenvalue weighted by atomic mass is 10.1. The lowest BCUT2D eigenvalue weighted by Gasteiger charge is -2.30. The zero-order valence-electron chi connectivity index (χ0n) is 18.7. The second-order valence-electron chi connectivity index (χ2n) is 7.47. The minimum Gasteiger partial charge on any atom is -0.494 e. The van der Waals surface area contributed by atoms with Gasteiger partial charge in [-0.05, 0) is 54.6 Å². The maximum atomic E-state index is 14.2. The summed E-state index contributed by atoms with van der Waals surface area (Å²) in [4.78, 5) is 18.8. The molecular weight excluding hydrogens is 443 g/mol. The highest BCUT2D eigenvalue weighted by Gasteiger charge is 2.35. The molecule has 1 amide bonds. The molecule has 4 rings (SSSR count). The number of carbonyl (C=O) groups excluding carboxylic acids is 1. The summed E-state index contributed by atoms with van der Waals surface area (Å²) < 4.78 is 26.2. The van der Waals surface area contributed by atoms with Crippen LogP contribution in [0.5, 0.6) is 11.6 Å². The maximum Gasteiger partial charge on any atom is 0.247 e. The molecule has 0 saturated heterocycles. The van der Waals surface area contributed by atoms with Crippen molar-refractivity contribution in [3.05, 3.63) is 53.8 Å². The van der Waals surface area contributed by atoms with Gasteiger partial charge in [0, 0.05) is 18.1 Å². The third kappa shape index (κ3) is 4.93. The summed E-state index contributed by atoms with van der Waals surface area (Å²) in [6, 6.07) is 11.6. The van der Waals surface area contributed by atoms with Gasteiger partial charge in [-0.25, -0.2) is 4.39 Å². The summed E-state index contributed by atoms with van der Waals surface area (Å²) in [7, 11) is 0. The molecule has 1 unspecified atom stereocenters. The zero-order chi connectivity index (χ0) is 23.4. The van der Waals surface area contributed by atoms with Crippen LogP contribution in [-0.2, 0) is 4.79 Å². The Morgan fingerprint density at radius 2 is 1.97 bits per heavy atom. The number of anilines is 1. The summed E-state index contributed by atoms with van der Waals surface area (Å²) >= 11 is 1.42. The van der Waals surface area contributed by atoms with Crippen molar-refractivity contribution in [3.63, 3.8) is 0 Å². The Labute approximate surface area is 196 Å². The van der Waals surface area contributed by atoms with Crippen LogP contribution in [0.3, 0.4) is 0 Å². The molecule has 2 heterocycles. The first-order chi connectivity index (χ1) is 16.0. The number of thioether (sulfide) groups is 1. The molecular formula is C24H25FN4O3S. The summed E-state index contributed by atoms with van der Waals surface area (Å²) in [6.07, 6.45) is 1.20. The van der Waals surface area contributed by atoms with E-state index in [0.29, 0.717) is 28.7 Å². The van der Waals surface area contributed by atoms with Crippen LogP contribution >= 0.6 is 11.8 Å². The van der Waals surface area contributed by atoms with Crippen LogP contribution in [0.1, 0.15) is 45.4 Å². The minimum atomic E-state index is -0.825. The first-order valence-electron chi connectivity index (χ1n) is 10.9. The van der Waals surface area contributed by atoms with E-state index in [-0.39, 0.29) is 11.8 Å². The highest BCUT2D eigenvalue weighted by atomic mass is 32.2. The van der Waals surface area contributed by atoms with Crippen LogP contribution < -0.4 is 14.4 Å². The van der Waals surface area contributed by atoms with Crippen LogP contribution in [0.4, 0.5) is 10.1 Å². The molecule has 2 aromatic carbocycles. The summed E-state index contributed by atoms with van der Waals surface area (Å²) in [6.45, 7) is 6.17. The quantitative estimate of drug-likeness (QED) is 0.339. The van der Waals surface area contributed by atoms with Gasteiger partial charge in [0.05, 0.1) is 12.3 Å². The predicted octanol–water partition coefficient (Wildman–Crippen LogP) is 5.41. The smallest absolute Gasteiger partial charge is 0.247 e. The maximum absolute atomic E-state index is 14.2. The zero-order valence-corrected chi connectivity index (χ0v) is 19.6. The Bertz CT molecular complexity index is 1140. The molecule has 33 heavy (non-hydrogen) atoms. The van der Waals surface area contributed by atoms with E-state index >= 15 is 0 Å². The Morgan fingerprint density at radius 1 is 1.18 bits per heavy atom. The van der Waals surface area contributed by atoms with E-state index in [0.717, 1.165) is 29.9 Å². The molecule has 0 saturated carbocycles. The number of nitrogens with zero attached hydrogens (tertiary/aromatic N) is 4. The second-order valence-corrected chi connectivity index (χ2v) is 8.70. The molecule has 9 heteroatoms. The molecule has 0 N–H and O–H groups in total. The number of rotatable bonds is 7. The molecule has 7 nitrogen and oxygen atoms in total. The monoisotopic (exact) mass is 468 g/mol. The molecule has 3 aromatic rings. The van der Waals surface area contributed by atoms with Gasteiger partial charge in [-0.3, -0.25) is 9.69 Å². The number of unbranched alkanes of at least 4 members (excludes halogenated alkanes) is 1. The van der Waals surface area contributed by atoms with E-state index in [1.807, 2.05) is 31.2 Å². The van der Waals surface area contributed by atoms with Crippen LogP contribution in [0.15, 0.2) is 47.6 Å². The van der Waals surface area contributed by atoms with E-state index in [4.69, 9.17) is 9.47 Å². The topological polar surface area (TPSA) is 77.4 Å². The molecule has 1 aliphatic heterocycles. The third-order valence-electron chi connectivity index (χ3n) is 5.11. The SMILES string of the molecule is CCCCOc1ccc(C2Oc3nc(SCC)nnc3-c3cc(F)ccc3N2C(C)=O)cc1. The van der Waals surface area contributed by atoms with Crippen LogP contribution in [0.2, 0.25) is 0 Å². The van der Waals surface area contributed by atoms with Gasteiger partial charge in [-0.15, -0.1) is 10.2 Å². The van der Waals surface area contributed by atoms with Crippen molar-refractivity contribution in [2.24, 2.45) is 0 Å². The average molecular weight is 469 g/mol. The highest BCUT2D eigenvalue weighted by molar-refractivity contribution is 7.99. The number of halogens is 1. The van der Waals surface area contributed by atoms with Gasteiger partial charge in [0.2, 0.25) is 23.2 Å². The molecule has 1 atom stereocenters. The van der Waals surface area contributed by atoms with Crippen molar-refractivity contribution < 1.29 is 18.7 Å². The normalized spacial score (nSPS) is 14.7. The largest absolute Gasteiger partial charge is 0.494 e. The molecule has 1 aromatic heterocycles. The average Bonchev–Trinajstić information content (AvgIpc) is 2.94. The summed E-state index contributed by atoms with van der Waals surface area (Å²) in [5.74, 6) is 0.978. The highest BCUT2D eigenvalue weighted by Crippen LogP contribution is 2.43. The minimum absolute atomic E-state index is 0.199. The fourth-order valence-electron chi connectivity index (χ4n) is 3.55. The Hall–Kier alpha value is -3.20. The number of amides is 1. The molecule has 0 aliphatic carbocycles. The van der Waals surface area contributed by atoms with Gasteiger partial charge in [0.1, 0.15) is 11.6 Å². The van der Waals surface area contributed by atoms with Crippen molar-refractivity contribution in [2.45, 2.75) is 45.0 Å². The van der Waals surface area contributed by atoms with E-state index in [9.17, 15) is 9.18 Å². The number of ether oxygens (including phenoxy) is 2. The first-order valence-corrected chi connectivity index (χ1v) is 11.9. The third-order valence-corrected chi connectivity index (χ3v) is 5.83. The first kappa shape index (κ1) is 23.0. The summed E-state index contributed by atoms with van der Waals surface area (Å²) in [5.41, 5.74) is 1.89. The fourth-order valence-corrected chi connectivity index (χ4v) is 4.05. The van der Waals surface area contributed by atoms with Crippen LogP contribution in [-0.4, -0.2) is 33.4 Å².